The Labute approximate surface area is 147 Å². The average Bonchev–Trinajstić information content (AvgIpc) is 2.57. The molecule has 0 bridgehead atoms. The third-order valence-corrected chi connectivity index (χ3v) is 4.66. The van der Waals surface area contributed by atoms with Gasteiger partial charge in [-0.25, -0.2) is 4.79 Å². The van der Waals surface area contributed by atoms with Crippen molar-refractivity contribution in [2.24, 2.45) is 5.92 Å². The first-order valence-electron chi connectivity index (χ1n) is 8.07. The van der Waals surface area contributed by atoms with Crippen molar-refractivity contribution >= 4 is 23.5 Å². The van der Waals surface area contributed by atoms with E-state index >= 15 is 0 Å². The summed E-state index contributed by atoms with van der Waals surface area (Å²) in [6.07, 6.45) is 0.685. The number of anilines is 1. The van der Waals surface area contributed by atoms with Gasteiger partial charge in [-0.2, -0.15) is 0 Å². The fourth-order valence-corrected chi connectivity index (χ4v) is 3.16. The predicted molar refractivity (Wildman–Crippen MR) is 99.6 cm³/mol. The van der Waals surface area contributed by atoms with Gasteiger partial charge in [-0.05, 0) is 55.2 Å². The van der Waals surface area contributed by atoms with Crippen LogP contribution in [0.25, 0.3) is 0 Å². The highest BCUT2D eigenvalue weighted by Crippen LogP contribution is 2.30. The van der Waals surface area contributed by atoms with Crippen molar-refractivity contribution in [2.45, 2.75) is 30.1 Å². The number of rotatable bonds is 7. The molecule has 0 spiro atoms. The molecule has 1 atom stereocenters. The van der Waals surface area contributed by atoms with Gasteiger partial charge >= 0.3 is 6.03 Å². The lowest BCUT2D eigenvalue weighted by atomic mass is 10.1. The average molecular weight is 344 g/mol. The van der Waals surface area contributed by atoms with Crippen molar-refractivity contribution in [2.75, 3.05) is 18.5 Å². The first-order valence-corrected chi connectivity index (χ1v) is 8.89. The molecule has 0 saturated carbocycles. The van der Waals surface area contributed by atoms with Crippen LogP contribution in [0.3, 0.4) is 0 Å². The molecule has 2 aromatic carbocycles. The molecule has 0 aliphatic rings. The van der Waals surface area contributed by atoms with Gasteiger partial charge in [0.15, 0.2) is 0 Å². The van der Waals surface area contributed by atoms with Gasteiger partial charge in [0.25, 0.3) is 0 Å². The monoisotopic (exact) mass is 344 g/mol. The summed E-state index contributed by atoms with van der Waals surface area (Å²) in [4.78, 5) is 14.3. The molecule has 1 unspecified atom stereocenters. The second-order valence-electron chi connectivity index (χ2n) is 5.84. The van der Waals surface area contributed by atoms with E-state index in [-0.39, 0.29) is 18.6 Å². The second kappa shape index (κ2) is 9.35. The maximum atomic E-state index is 12.0. The van der Waals surface area contributed by atoms with E-state index in [0.717, 1.165) is 16.1 Å². The number of nitrogens with one attached hydrogen (secondary N) is 2. The smallest absolute Gasteiger partial charge is 0.319 e. The Kier molecular flexibility index (Phi) is 7.15. The highest BCUT2D eigenvalue weighted by atomic mass is 32.2. The molecule has 0 radical (unpaired) electrons. The molecule has 0 heterocycles. The maximum absolute atomic E-state index is 12.0. The number of aliphatic hydroxyl groups excluding tert-OH is 1. The van der Waals surface area contributed by atoms with E-state index < -0.39 is 0 Å². The van der Waals surface area contributed by atoms with Crippen LogP contribution in [-0.4, -0.2) is 24.3 Å². The van der Waals surface area contributed by atoms with Crippen LogP contribution in [0.5, 0.6) is 0 Å². The van der Waals surface area contributed by atoms with Gasteiger partial charge in [-0.3, -0.25) is 0 Å². The number of hydrogen-bond acceptors (Lipinski definition) is 3. The number of carbonyl (C=O) groups is 1. The van der Waals surface area contributed by atoms with Gasteiger partial charge in [0.1, 0.15) is 0 Å². The lowest BCUT2D eigenvalue weighted by molar-refractivity contribution is 0.243. The summed E-state index contributed by atoms with van der Waals surface area (Å²) in [7, 11) is 0. The molecule has 2 amide bonds. The fourth-order valence-electron chi connectivity index (χ4n) is 2.22. The molecule has 128 valence electrons. The topological polar surface area (TPSA) is 61.4 Å². The van der Waals surface area contributed by atoms with Crippen LogP contribution in [0.1, 0.15) is 18.9 Å². The summed E-state index contributed by atoms with van der Waals surface area (Å²) in [5.41, 5.74) is 1.83. The Balaban J connectivity index is 1.91. The maximum Gasteiger partial charge on any atom is 0.319 e. The van der Waals surface area contributed by atoms with E-state index in [4.69, 9.17) is 5.11 Å². The SMILES string of the molecule is Cc1cc(Sc2ccccc2)ccc1NC(=O)NCC(C)CCO. The van der Waals surface area contributed by atoms with Gasteiger partial charge < -0.3 is 15.7 Å². The first kappa shape index (κ1) is 18.4. The zero-order chi connectivity index (χ0) is 17.4. The van der Waals surface area contributed by atoms with Gasteiger partial charge in [-0.1, -0.05) is 36.9 Å². The summed E-state index contributed by atoms with van der Waals surface area (Å²) in [5.74, 6) is 0.256. The molecule has 0 aliphatic heterocycles. The predicted octanol–water partition coefficient (Wildman–Crippen LogP) is 4.29. The zero-order valence-corrected chi connectivity index (χ0v) is 14.9. The normalized spacial score (nSPS) is 11.8. The van der Waals surface area contributed by atoms with Crippen molar-refractivity contribution in [1.82, 2.24) is 5.32 Å². The molecule has 0 aliphatic carbocycles. The summed E-state index contributed by atoms with van der Waals surface area (Å²) >= 11 is 1.70. The van der Waals surface area contributed by atoms with Crippen molar-refractivity contribution in [3.05, 3.63) is 54.1 Å². The van der Waals surface area contributed by atoms with E-state index in [1.807, 2.05) is 44.2 Å². The third kappa shape index (κ3) is 5.91. The molecule has 5 heteroatoms. The molecule has 24 heavy (non-hydrogen) atoms. The number of aryl methyl sites for hydroxylation is 1. The van der Waals surface area contributed by atoms with Crippen molar-refractivity contribution in [1.29, 1.82) is 0 Å². The van der Waals surface area contributed by atoms with Gasteiger partial charge in [-0.15, -0.1) is 0 Å². The minimum absolute atomic E-state index is 0.143. The Morgan fingerprint density at radius 3 is 2.58 bits per heavy atom. The first-order chi connectivity index (χ1) is 11.6. The summed E-state index contributed by atoms with van der Waals surface area (Å²) in [6, 6.07) is 16.0. The standard InChI is InChI=1S/C19H24N2O2S/c1-14(10-11-22)13-20-19(23)21-18-9-8-17(12-15(18)2)24-16-6-4-3-5-7-16/h3-9,12,14,22H,10-11,13H2,1-2H3,(H2,20,21,23). The molecule has 0 saturated heterocycles. The van der Waals surface area contributed by atoms with E-state index in [9.17, 15) is 4.79 Å². The van der Waals surface area contributed by atoms with Crippen LogP contribution in [0.15, 0.2) is 58.3 Å². The van der Waals surface area contributed by atoms with Crippen molar-refractivity contribution in [3.8, 4) is 0 Å². The quantitative estimate of drug-likeness (QED) is 0.702. The van der Waals surface area contributed by atoms with E-state index in [0.29, 0.717) is 13.0 Å². The summed E-state index contributed by atoms with van der Waals surface area (Å²) in [5, 5.41) is 14.6. The summed E-state index contributed by atoms with van der Waals surface area (Å²) < 4.78 is 0. The molecule has 0 fully saturated rings. The van der Waals surface area contributed by atoms with Crippen molar-refractivity contribution < 1.29 is 9.90 Å². The minimum atomic E-state index is -0.216. The van der Waals surface area contributed by atoms with Crippen LogP contribution < -0.4 is 10.6 Å². The lowest BCUT2D eigenvalue weighted by Crippen LogP contribution is -2.32. The largest absolute Gasteiger partial charge is 0.396 e. The van der Waals surface area contributed by atoms with E-state index in [2.05, 4.69) is 28.8 Å². The van der Waals surface area contributed by atoms with E-state index in [1.54, 1.807) is 11.8 Å². The Hall–Kier alpha value is -1.98. The molecule has 3 N–H and O–H groups in total. The van der Waals surface area contributed by atoms with Gasteiger partial charge in [0.05, 0.1) is 0 Å². The number of carbonyl (C=O) groups excluding carboxylic acids is 1. The highest BCUT2D eigenvalue weighted by molar-refractivity contribution is 7.99. The minimum Gasteiger partial charge on any atom is -0.396 e. The highest BCUT2D eigenvalue weighted by Gasteiger charge is 2.08. The Morgan fingerprint density at radius 1 is 1.17 bits per heavy atom. The second-order valence-corrected chi connectivity index (χ2v) is 6.99. The van der Waals surface area contributed by atoms with Crippen LogP contribution in [-0.2, 0) is 0 Å². The number of benzene rings is 2. The molecular formula is C19H24N2O2S. The van der Waals surface area contributed by atoms with E-state index in [1.165, 1.54) is 4.90 Å². The van der Waals surface area contributed by atoms with Crippen LogP contribution in [0.2, 0.25) is 0 Å². The number of aliphatic hydroxyl groups is 1. The summed E-state index contributed by atoms with van der Waals surface area (Å²) in [6.45, 7) is 4.67. The molecule has 4 nitrogen and oxygen atoms in total. The molecule has 2 rings (SSSR count). The molecule has 0 aromatic heterocycles. The van der Waals surface area contributed by atoms with Crippen LogP contribution >= 0.6 is 11.8 Å². The molecular weight excluding hydrogens is 320 g/mol. The third-order valence-electron chi connectivity index (χ3n) is 3.66. The Morgan fingerprint density at radius 2 is 1.92 bits per heavy atom. The van der Waals surface area contributed by atoms with Crippen LogP contribution in [0.4, 0.5) is 10.5 Å². The van der Waals surface area contributed by atoms with Gasteiger partial charge in [0.2, 0.25) is 0 Å². The molecule has 2 aromatic rings. The van der Waals surface area contributed by atoms with Crippen LogP contribution in [0, 0.1) is 12.8 Å². The zero-order valence-electron chi connectivity index (χ0n) is 14.1. The van der Waals surface area contributed by atoms with Gasteiger partial charge in [0, 0.05) is 28.6 Å². The Bertz CT molecular complexity index is 662. The fraction of sp³-hybridized carbons (Fsp3) is 0.316. The number of hydrogen-bond donors (Lipinski definition) is 3. The lowest BCUT2D eigenvalue weighted by Gasteiger charge is -2.14. The number of amides is 2. The number of urea groups is 1. The van der Waals surface area contributed by atoms with Crippen molar-refractivity contribution in [3.63, 3.8) is 0 Å².